The fourth-order valence-electron chi connectivity index (χ4n) is 3.46. The minimum absolute atomic E-state index is 0.209. The van der Waals surface area contributed by atoms with Crippen molar-refractivity contribution in [2.45, 2.75) is 13.1 Å². The molecule has 1 aliphatic heterocycles. The summed E-state index contributed by atoms with van der Waals surface area (Å²) in [6.07, 6.45) is 6.92. The number of amides is 1. The Hall–Kier alpha value is -4.46. The van der Waals surface area contributed by atoms with Crippen molar-refractivity contribution in [3.8, 4) is 22.8 Å². The van der Waals surface area contributed by atoms with Gasteiger partial charge in [-0.25, -0.2) is 4.98 Å². The predicted octanol–water partition coefficient (Wildman–Crippen LogP) is 3.81. The van der Waals surface area contributed by atoms with E-state index in [1.54, 1.807) is 30.9 Å². The second-order valence-corrected chi connectivity index (χ2v) is 7.42. The Morgan fingerprint density at radius 2 is 1.64 bits per heavy atom. The minimum atomic E-state index is -0.225. The molecule has 0 unspecified atom stereocenters. The summed E-state index contributed by atoms with van der Waals surface area (Å²) in [5.41, 5.74) is 3.93. The van der Waals surface area contributed by atoms with E-state index in [2.05, 4.69) is 20.6 Å². The molecule has 0 atom stereocenters. The molecule has 8 heteroatoms. The SMILES string of the molecule is O=C(NCc1cccnc1)c1ccc(-c2ccc3c(c2)OCO3)nc1NCc1cccnc1. The van der Waals surface area contributed by atoms with Gasteiger partial charge in [0.25, 0.3) is 5.91 Å². The molecule has 4 aromatic rings. The fraction of sp³-hybridized carbons (Fsp3) is 0.120. The molecule has 1 aliphatic rings. The van der Waals surface area contributed by atoms with Crippen LogP contribution >= 0.6 is 0 Å². The molecule has 0 spiro atoms. The molecule has 5 rings (SSSR count). The summed E-state index contributed by atoms with van der Waals surface area (Å²) in [5, 5.41) is 6.23. The van der Waals surface area contributed by atoms with Gasteiger partial charge in [-0.3, -0.25) is 14.8 Å². The van der Waals surface area contributed by atoms with Gasteiger partial charge in [-0.05, 0) is 53.6 Å². The second-order valence-electron chi connectivity index (χ2n) is 7.42. The van der Waals surface area contributed by atoms with E-state index in [0.717, 1.165) is 16.7 Å². The van der Waals surface area contributed by atoms with E-state index in [1.807, 2.05) is 48.5 Å². The number of ether oxygens (including phenoxy) is 2. The van der Waals surface area contributed by atoms with Crippen molar-refractivity contribution >= 4 is 11.7 Å². The normalized spacial score (nSPS) is 11.8. The number of carbonyl (C=O) groups is 1. The lowest BCUT2D eigenvalue weighted by atomic mass is 10.1. The Balaban J connectivity index is 1.42. The number of hydrogen-bond acceptors (Lipinski definition) is 7. The van der Waals surface area contributed by atoms with Gasteiger partial charge in [-0.15, -0.1) is 0 Å². The number of rotatable bonds is 7. The van der Waals surface area contributed by atoms with Crippen LogP contribution in [0.5, 0.6) is 11.5 Å². The molecule has 1 amide bonds. The zero-order chi connectivity index (χ0) is 22.5. The summed E-state index contributed by atoms with van der Waals surface area (Å²) in [7, 11) is 0. The fourth-order valence-corrected chi connectivity index (χ4v) is 3.46. The van der Waals surface area contributed by atoms with Crippen LogP contribution in [0.15, 0.2) is 79.4 Å². The van der Waals surface area contributed by atoms with E-state index < -0.39 is 0 Å². The zero-order valence-electron chi connectivity index (χ0n) is 17.7. The maximum atomic E-state index is 13.0. The van der Waals surface area contributed by atoms with E-state index in [9.17, 15) is 4.79 Å². The molecule has 4 heterocycles. The summed E-state index contributed by atoms with van der Waals surface area (Å²) >= 11 is 0. The highest BCUT2D eigenvalue weighted by molar-refractivity contribution is 5.99. The molecule has 8 nitrogen and oxygen atoms in total. The molecule has 0 aliphatic carbocycles. The number of anilines is 1. The second kappa shape index (κ2) is 9.35. The Bertz CT molecular complexity index is 1270. The van der Waals surface area contributed by atoms with Crippen molar-refractivity contribution in [3.05, 3.63) is 96.1 Å². The molecule has 33 heavy (non-hydrogen) atoms. The molecule has 0 saturated heterocycles. The lowest BCUT2D eigenvalue weighted by Crippen LogP contribution is -2.24. The average Bonchev–Trinajstić information content (AvgIpc) is 3.35. The molecule has 164 valence electrons. The van der Waals surface area contributed by atoms with Crippen LogP contribution in [-0.2, 0) is 13.1 Å². The maximum Gasteiger partial charge on any atom is 0.255 e. The highest BCUT2D eigenvalue weighted by Gasteiger charge is 2.17. The van der Waals surface area contributed by atoms with Gasteiger partial charge >= 0.3 is 0 Å². The molecular formula is C25H21N5O3. The van der Waals surface area contributed by atoms with Crippen molar-refractivity contribution < 1.29 is 14.3 Å². The largest absolute Gasteiger partial charge is 0.454 e. The van der Waals surface area contributed by atoms with Gasteiger partial charge in [0, 0.05) is 43.4 Å². The van der Waals surface area contributed by atoms with Crippen molar-refractivity contribution in [1.29, 1.82) is 0 Å². The van der Waals surface area contributed by atoms with Gasteiger partial charge in [0.2, 0.25) is 6.79 Å². The number of hydrogen-bond donors (Lipinski definition) is 2. The first-order valence-electron chi connectivity index (χ1n) is 10.5. The molecule has 0 bridgehead atoms. The van der Waals surface area contributed by atoms with E-state index >= 15 is 0 Å². The summed E-state index contributed by atoms with van der Waals surface area (Å²) in [6.45, 7) is 1.06. The summed E-state index contributed by atoms with van der Waals surface area (Å²) < 4.78 is 10.9. The van der Waals surface area contributed by atoms with Crippen molar-refractivity contribution in [2.24, 2.45) is 0 Å². The average molecular weight is 439 g/mol. The Labute approximate surface area is 190 Å². The van der Waals surface area contributed by atoms with Gasteiger partial charge < -0.3 is 20.1 Å². The monoisotopic (exact) mass is 439 g/mol. The first kappa shape index (κ1) is 20.4. The Kier molecular flexibility index (Phi) is 5.79. The van der Waals surface area contributed by atoms with E-state index in [4.69, 9.17) is 14.5 Å². The lowest BCUT2D eigenvalue weighted by Gasteiger charge is -2.14. The first-order valence-corrected chi connectivity index (χ1v) is 10.5. The van der Waals surface area contributed by atoms with Crippen molar-refractivity contribution in [1.82, 2.24) is 20.3 Å². The molecule has 0 radical (unpaired) electrons. The third-order valence-corrected chi connectivity index (χ3v) is 5.17. The Morgan fingerprint density at radius 3 is 2.39 bits per heavy atom. The number of aromatic nitrogens is 3. The third-order valence-electron chi connectivity index (χ3n) is 5.17. The zero-order valence-corrected chi connectivity index (χ0v) is 17.7. The molecule has 1 aromatic carbocycles. The summed E-state index contributed by atoms with van der Waals surface area (Å²) in [6, 6.07) is 16.8. The van der Waals surface area contributed by atoms with Crippen LogP contribution in [0.4, 0.5) is 5.82 Å². The van der Waals surface area contributed by atoms with Gasteiger partial charge in [-0.1, -0.05) is 12.1 Å². The standard InChI is InChI=1S/C25H21N5O3/c31-25(29-15-18-4-2-10-27-13-18)20-6-7-21(19-5-8-22-23(11-19)33-16-32-22)30-24(20)28-14-17-3-1-9-26-12-17/h1-13H,14-16H2,(H,28,30)(H,29,31). The quantitative estimate of drug-likeness (QED) is 0.452. The summed E-state index contributed by atoms with van der Waals surface area (Å²) in [4.78, 5) is 26.0. The number of pyridine rings is 3. The van der Waals surface area contributed by atoms with Crippen LogP contribution < -0.4 is 20.1 Å². The van der Waals surface area contributed by atoms with Crippen molar-refractivity contribution in [2.75, 3.05) is 12.1 Å². The number of carbonyl (C=O) groups excluding carboxylic acids is 1. The molecule has 2 N–H and O–H groups in total. The van der Waals surface area contributed by atoms with Crippen molar-refractivity contribution in [3.63, 3.8) is 0 Å². The van der Waals surface area contributed by atoms with Crippen LogP contribution in [0.25, 0.3) is 11.3 Å². The van der Waals surface area contributed by atoms with Gasteiger partial charge in [0.15, 0.2) is 11.5 Å². The molecule has 0 fully saturated rings. The summed E-state index contributed by atoms with van der Waals surface area (Å²) in [5.74, 6) is 1.65. The van der Waals surface area contributed by atoms with Gasteiger partial charge in [-0.2, -0.15) is 0 Å². The first-order chi connectivity index (χ1) is 16.3. The van der Waals surface area contributed by atoms with Gasteiger partial charge in [0.05, 0.1) is 11.3 Å². The predicted molar refractivity (Wildman–Crippen MR) is 123 cm³/mol. The van der Waals surface area contributed by atoms with Gasteiger partial charge in [0.1, 0.15) is 5.82 Å². The number of nitrogens with one attached hydrogen (secondary N) is 2. The maximum absolute atomic E-state index is 13.0. The highest BCUT2D eigenvalue weighted by Crippen LogP contribution is 2.36. The number of benzene rings is 1. The Morgan fingerprint density at radius 1 is 0.879 bits per heavy atom. The van der Waals surface area contributed by atoms with Crippen LogP contribution in [0.3, 0.4) is 0 Å². The van der Waals surface area contributed by atoms with E-state index in [1.165, 1.54) is 0 Å². The smallest absolute Gasteiger partial charge is 0.255 e. The minimum Gasteiger partial charge on any atom is -0.454 e. The topological polar surface area (TPSA) is 98.3 Å². The van der Waals surface area contributed by atoms with Crippen LogP contribution in [0.1, 0.15) is 21.5 Å². The highest BCUT2D eigenvalue weighted by atomic mass is 16.7. The van der Waals surface area contributed by atoms with Crippen LogP contribution in [0.2, 0.25) is 0 Å². The lowest BCUT2D eigenvalue weighted by molar-refractivity contribution is 0.0951. The number of nitrogens with zero attached hydrogens (tertiary/aromatic N) is 3. The molecule has 3 aromatic heterocycles. The third kappa shape index (κ3) is 4.74. The van der Waals surface area contributed by atoms with Crippen LogP contribution in [0, 0.1) is 0 Å². The van der Waals surface area contributed by atoms with E-state index in [0.29, 0.717) is 41.7 Å². The number of fused-ring (bicyclic) bond motifs is 1. The molecule has 0 saturated carbocycles. The molecular weight excluding hydrogens is 418 g/mol. The van der Waals surface area contributed by atoms with E-state index in [-0.39, 0.29) is 12.7 Å². The van der Waals surface area contributed by atoms with Crippen LogP contribution in [-0.4, -0.2) is 27.7 Å².